The van der Waals surface area contributed by atoms with Gasteiger partial charge < -0.3 is 0 Å². The van der Waals surface area contributed by atoms with E-state index in [-0.39, 0.29) is 17.8 Å². The number of aryl methyl sites for hydroxylation is 1. The van der Waals surface area contributed by atoms with Gasteiger partial charge in [-0.15, -0.1) is 0 Å². The largest absolute Gasteiger partial charge is 0.412 e. The van der Waals surface area contributed by atoms with Crippen molar-refractivity contribution in [3.63, 3.8) is 0 Å². The summed E-state index contributed by atoms with van der Waals surface area (Å²) in [7, 11) is 0. The van der Waals surface area contributed by atoms with E-state index in [0.717, 1.165) is 74.3 Å². The first-order valence-corrected chi connectivity index (χ1v) is 13.9. The molecule has 3 aliphatic rings. The summed E-state index contributed by atoms with van der Waals surface area (Å²) < 4.78 is 66.3. The molecule has 0 spiro atoms. The minimum atomic E-state index is -4.58. The molecule has 3 aliphatic carbocycles. The van der Waals surface area contributed by atoms with Gasteiger partial charge in [0.15, 0.2) is 0 Å². The van der Waals surface area contributed by atoms with Crippen molar-refractivity contribution in [3.05, 3.63) is 47.0 Å². The van der Waals surface area contributed by atoms with Crippen molar-refractivity contribution in [2.24, 2.45) is 29.6 Å². The molecule has 0 aromatic heterocycles. The molecule has 35 heavy (non-hydrogen) atoms. The predicted octanol–water partition coefficient (Wildman–Crippen LogP) is 10.1. The number of hydrogen-bond donors (Lipinski definition) is 0. The number of allylic oxidation sites excluding steroid dienone is 2. The average molecular weight is 497 g/mol. The first kappa shape index (κ1) is 26.7. The van der Waals surface area contributed by atoms with Crippen molar-refractivity contribution in [3.8, 4) is 0 Å². The number of rotatable bonds is 6. The van der Waals surface area contributed by atoms with E-state index in [1.165, 1.54) is 25.7 Å². The van der Waals surface area contributed by atoms with Gasteiger partial charge in [-0.05, 0) is 111 Å². The standard InChI is InChI=1S/C30H41F5/c1-20-2-4-21(5-3-20)6-7-22-8-17-27(28(31)18-22)25-13-9-23(10-14-25)24-11-15-26(16-12-24)29(32)19-30(33,34)35/h8,17-21,23-26H,2-7,9-16H2,1H3/b29-19-. The smallest absolute Gasteiger partial charge is 0.212 e. The predicted molar refractivity (Wildman–Crippen MR) is 131 cm³/mol. The summed E-state index contributed by atoms with van der Waals surface area (Å²) in [4.78, 5) is 0. The van der Waals surface area contributed by atoms with Crippen LogP contribution in [-0.2, 0) is 6.42 Å². The molecule has 0 atom stereocenters. The maximum atomic E-state index is 15.0. The third-order valence-electron chi connectivity index (χ3n) is 9.38. The molecule has 0 radical (unpaired) electrons. The second-order valence-electron chi connectivity index (χ2n) is 11.8. The van der Waals surface area contributed by atoms with Crippen LogP contribution in [-0.4, -0.2) is 6.18 Å². The lowest BCUT2D eigenvalue weighted by Gasteiger charge is -2.37. The van der Waals surface area contributed by atoms with Crippen LogP contribution in [0.25, 0.3) is 0 Å². The van der Waals surface area contributed by atoms with Crippen molar-refractivity contribution in [1.82, 2.24) is 0 Å². The van der Waals surface area contributed by atoms with Gasteiger partial charge in [0.1, 0.15) is 11.6 Å². The van der Waals surface area contributed by atoms with Gasteiger partial charge in [0, 0.05) is 5.92 Å². The Labute approximate surface area is 207 Å². The summed E-state index contributed by atoms with van der Waals surface area (Å²) in [6.07, 6.45) is 9.22. The van der Waals surface area contributed by atoms with Gasteiger partial charge in [0.25, 0.3) is 0 Å². The van der Waals surface area contributed by atoms with E-state index in [4.69, 9.17) is 0 Å². The lowest BCUT2D eigenvalue weighted by atomic mass is 9.68. The van der Waals surface area contributed by atoms with E-state index < -0.39 is 17.9 Å². The Kier molecular flexibility index (Phi) is 8.97. The van der Waals surface area contributed by atoms with Crippen molar-refractivity contribution in [2.75, 3.05) is 0 Å². The molecule has 0 N–H and O–H groups in total. The Bertz CT molecular complexity index is 833. The van der Waals surface area contributed by atoms with Gasteiger partial charge in [-0.1, -0.05) is 44.7 Å². The van der Waals surface area contributed by atoms with Crippen molar-refractivity contribution >= 4 is 0 Å². The van der Waals surface area contributed by atoms with Gasteiger partial charge in [-0.3, -0.25) is 0 Å². The summed E-state index contributed by atoms with van der Waals surface area (Å²) in [6.45, 7) is 2.34. The van der Waals surface area contributed by atoms with Crippen molar-refractivity contribution < 1.29 is 22.0 Å². The normalized spacial score (nSPS) is 33.0. The number of benzene rings is 1. The summed E-state index contributed by atoms with van der Waals surface area (Å²) in [6, 6.07) is 5.90. The first-order valence-electron chi connectivity index (χ1n) is 13.9. The third-order valence-corrected chi connectivity index (χ3v) is 9.38. The maximum absolute atomic E-state index is 15.0. The Hall–Kier alpha value is -1.39. The van der Waals surface area contributed by atoms with E-state index in [0.29, 0.717) is 24.7 Å². The second kappa shape index (κ2) is 11.8. The monoisotopic (exact) mass is 496 g/mol. The Morgan fingerprint density at radius 1 is 0.857 bits per heavy atom. The van der Waals surface area contributed by atoms with E-state index in [1.807, 2.05) is 6.07 Å². The topological polar surface area (TPSA) is 0 Å². The van der Waals surface area contributed by atoms with Gasteiger partial charge in [-0.25, -0.2) is 8.78 Å². The van der Waals surface area contributed by atoms with Crippen LogP contribution < -0.4 is 0 Å². The SMILES string of the molecule is CC1CCC(CCc2ccc(C3CCC(C4CCC(/C(F)=C/C(F)(F)F)CC4)CC3)c(F)c2)CC1. The Morgan fingerprint density at radius 2 is 1.46 bits per heavy atom. The molecule has 0 nitrogen and oxygen atoms in total. The van der Waals surface area contributed by atoms with E-state index in [1.54, 1.807) is 6.07 Å². The van der Waals surface area contributed by atoms with Crippen LogP contribution in [0.15, 0.2) is 30.1 Å². The summed E-state index contributed by atoms with van der Waals surface area (Å²) in [5, 5.41) is 0. The van der Waals surface area contributed by atoms with Gasteiger partial charge >= 0.3 is 6.18 Å². The number of alkyl halides is 3. The summed E-state index contributed by atoms with van der Waals surface area (Å²) in [5.74, 6) is 1.24. The fraction of sp³-hybridized carbons (Fsp3) is 0.733. The van der Waals surface area contributed by atoms with E-state index in [9.17, 15) is 17.6 Å². The molecule has 196 valence electrons. The maximum Gasteiger partial charge on any atom is 0.412 e. The van der Waals surface area contributed by atoms with Crippen LogP contribution in [0.2, 0.25) is 0 Å². The van der Waals surface area contributed by atoms with Crippen LogP contribution in [0.5, 0.6) is 0 Å². The molecular formula is C30H41F5. The number of hydrogen-bond acceptors (Lipinski definition) is 0. The molecule has 0 bridgehead atoms. The molecule has 0 saturated heterocycles. The van der Waals surface area contributed by atoms with Gasteiger partial charge in [0.05, 0.1) is 6.08 Å². The Balaban J connectivity index is 1.22. The molecule has 3 saturated carbocycles. The van der Waals surface area contributed by atoms with Crippen LogP contribution >= 0.6 is 0 Å². The minimum absolute atomic E-state index is 0.0596. The summed E-state index contributed by atoms with van der Waals surface area (Å²) in [5.41, 5.74) is 1.96. The molecule has 1 aromatic carbocycles. The molecule has 4 rings (SSSR count). The highest BCUT2D eigenvalue weighted by atomic mass is 19.4. The fourth-order valence-electron chi connectivity index (χ4n) is 7.09. The van der Waals surface area contributed by atoms with Crippen LogP contribution in [0.1, 0.15) is 107 Å². The molecule has 3 fully saturated rings. The number of halogens is 5. The first-order chi connectivity index (χ1) is 16.7. The molecular weight excluding hydrogens is 455 g/mol. The Morgan fingerprint density at radius 3 is 2.03 bits per heavy atom. The average Bonchev–Trinajstić information content (AvgIpc) is 2.83. The second-order valence-corrected chi connectivity index (χ2v) is 11.8. The summed E-state index contributed by atoms with van der Waals surface area (Å²) >= 11 is 0. The zero-order valence-corrected chi connectivity index (χ0v) is 21.1. The van der Waals surface area contributed by atoms with E-state index >= 15 is 4.39 Å². The minimum Gasteiger partial charge on any atom is -0.212 e. The molecule has 0 heterocycles. The zero-order valence-electron chi connectivity index (χ0n) is 21.1. The molecule has 0 unspecified atom stereocenters. The van der Waals surface area contributed by atoms with Crippen LogP contribution in [0, 0.1) is 35.4 Å². The van der Waals surface area contributed by atoms with Crippen molar-refractivity contribution in [1.29, 1.82) is 0 Å². The highest BCUT2D eigenvalue weighted by molar-refractivity contribution is 5.28. The lowest BCUT2D eigenvalue weighted by molar-refractivity contribution is -0.0821. The van der Waals surface area contributed by atoms with E-state index in [2.05, 4.69) is 13.0 Å². The van der Waals surface area contributed by atoms with Crippen molar-refractivity contribution in [2.45, 2.75) is 109 Å². The molecule has 1 aromatic rings. The third kappa shape index (κ3) is 7.55. The quantitative estimate of drug-likeness (QED) is 0.344. The highest BCUT2D eigenvalue weighted by Gasteiger charge is 2.34. The lowest BCUT2D eigenvalue weighted by Crippen LogP contribution is -2.26. The van der Waals surface area contributed by atoms with Crippen LogP contribution in [0.4, 0.5) is 22.0 Å². The van der Waals surface area contributed by atoms with Crippen LogP contribution in [0.3, 0.4) is 0 Å². The zero-order chi connectivity index (χ0) is 25.0. The molecule has 5 heteroatoms. The van der Waals surface area contributed by atoms with Gasteiger partial charge in [0.2, 0.25) is 0 Å². The fourth-order valence-corrected chi connectivity index (χ4v) is 7.09. The molecule has 0 aliphatic heterocycles. The molecule has 0 amide bonds. The van der Waals surface area contributed by atoms with Gasteiger partial charge in [-0.2, -0.15) is 13.2 Å². The highest BCUT2D eigenvalue weighted by Crippen LogP contribution is 2.45.